The van der Waals surface area contributed by atoms with Crippen LogP contribution in [0.5, 0.6) is 0 Å². The monoisotopic (exact) mass is 364 g/mol. The molecule has 0 aliphatic carbocycles. The van der Waals surface area contributed by atoms with E-state index in [0.29, 0.717) is 0 Å². The van der Waals surface area contributed by atoms with E-state index in [1.54, 1.807) is 0 Å². The van der Waals surface area contributed by atoms with Crippen molar-refractivity contribution in [3.63, 3.8) is 0 Å². The number of imidazole rings is 2. The summed E-state index contributed by atoms with van der Waals surface area (Å²) in [6, 6.07) is 8.35. The zero-order chi connectivity index (χ0) is 13.2. The summed E-state index contributed by atoms with van der Waals surface area (Å²) in [5.41, 5.74) is 2.16. The predicted molar refractivity (Wildman–Crippen MR) is 82.3 cm³/mol. The number of nitrogens with zero attached hydrogens (tertiary/aromatic N) is 4. The summed E-state index contributed by atoms with van der Waals surface area (Å²) < 4.78 is 5.35. The largest absolute Gasteiger partial charge is 0.329 e. The first-order valence-corrected chi connectivity index (χ1v) is 7.07. The van der Waals surface area contributed by atoms with Gasteiger partial charge in [0.1, 0.15) is 5.82 Å². The number of hydrogen-bond acceptors (Lipinski definition) is 2. The Morgan fingerprint density at radius 3 is 2.89 bits per heavy atom. The third-order valence-corrected chi connectivity index (χ3v) is 3.67. The zero-order valence-corrected chi connectivity index (χ0v) is 12.7. The third-order valence-electron chi connectivity index (χ3n) is 3.00. The lowest BCUT2D eigenvalue weighted by atomic mass is 10.3. The number of hydrogen-bond donors (Lipinski definition) is 0. The quantitative estimate of drug-likeness (QED) is 0.670. The molecule has 0 aliphatic rings. The van der Waals surface area contributed by atoms with E-state index in [1.807, 2.05) is 30.2 Å². The third kappa shape index (κ3) is 2.70. The molecule has 3 aromatic rings. The Morgan fingerprint density at radius 2 is 2.16 bits per heavy atom. The van der Waals surface area contributed by atoms with Crippen molar-refractivity contribution in [2.24, 2.45) is 0 Å². The van der Waals surface area contributed by atoms with Crippen molar-refractivity contribution in [2.45, 2.75) is 13.5 Å². The van der Waals surface area contributed by atoms with Crippen LogP contribution in [0.25, 0.3) is 5.69 Å². The van der Waals surface area contributed by atoms with Crippen LogP contribution in [-0.2, 0) is 6.54 Å². The van der Waals surface area contributed by atoms with E-state index in [2.05, 4.69) is 67.6 Å². The second-order valence-electron chi connectivity index (χ2n) is 4.35. The van der Waals surface area contributed by atoms with Gasteiger partial charge in [0.2, 0.25) is 0 Å². The van der Waals surface area contributed by atoms with Gasteiger partial charge in [0.25, 0.3) is 0 Å². The fourth-order valence-electron chi connectivity index (χ4n) is 1.97. The molecule has 0 saturated heterocycles. The Hall–Kier alpha value is -1.63. The van der Waals surface area contributed by atoms with Gasteiger partial charge in [0.15, 0.2) is 0 Å². The van der Waals surface area contributed by atoms with Crippen LogP contribution in [-0.4, -0.2) is 19.1 Å². The molecule has 0 radical (unpaired) electrons. The number of rotatable bonds is 3. The van der Waals surface area contributed by atoms with Crippen LogP contribution in [0.4, 0.5) is 0 Å². The van der Waals surface area contributed by atoms with Gasteiger partial charge >= 0.3 is 0 Å². The van der Waals surface area contributed by atoms with Crippen molar-refractivity contribution in [2.75, 3.05) is 0 Å². The molecule has 1 aromatic carbocycles. The fourth-order valence-corrected chi connectivity index (χ4v) is 2.50. The highest BCUT2D eigenvalue weighted by Crippen LogP contribution is 2.13. The van der Waals surface area contributed by atoms with Crippen LogP contribution >= 0.6 is 22.6 Å². The molecule has 0 fully saturated rings. The topological polar surface area (TPSA) is 35.6 Å². The number of aromatic nitrogens is 4. The van der Waals surface area contributed by atoms with Gasteiger partial charge in [-0.1, -0.05) is 6.07 Å². The maximum Gasteiger partial charge on any atom is 0.105 e. The molecule has 0 unspecified atom stereocenters. The highest BCUT2D eigenvalue weighted by atomic mass is 127. The molecule has 0 atom stereocenters. The summed E-state index contributed by atoms with van der Waals surface area (Å²) in [6.45, 7) is 2.75. The van der Waals surface area contributed by atoms with E-state index >= 15 is 0 Å². The van der Waals surface area contributed by atoms with Gasteiger partial charge in [-0.3, -0.25) is 0 Å². The van der Waals surface area contributed by atoms with E-state index in [9.17, 15) is 0 Å². The lowest BCUT2D eigenvalue weighted by Crippen LogP contribution is -2.00. The lowest BCUT2D eigenvalue weighted by molar-refractivity contribution is 0.746. The van der Waals surface area contributed by atoms with Crippen molar-refractivity contribution in [3.05, 3.63) is 64.3 Å². The summed E-state index contributed by atoms with van der Waals surface area (Å²) in [6.07, 6.45) is 7.70. The standard InChI is InChI=1S/C14H13IN4/c1-11-16-5-6-18(11)8-13-9-19(10-17-13)14-4-2-3-12(15)7-14/h2-7,9-10H,8H2,1H3. The van der Waals surface area contributed by atoms with Crippen LogP contribution in [0.2, 0.25) is 0 Å². The number of halogens is 1. The molecule has 4 nitrogen and oxygen atoms in total. The van der Waals surface area contributed by atoms with Gasteiger partial charge in [0.05, 0.1) is 18.6 Å². The molecule has 0 N–H and O–H groups in total. The second kappa shape index (κ2) is 5.16. The molecule has 2 aromatic heterocycles. The molecule has 0 saturated carbocycles. The highest BCUT2D eigenvalue weighted by Gasteiger charge is 2.04. The van der Waals surface area contributed by atoms with Crippen LogP contribution < -0.4 is 0 Å². The average Bonchev–Trinajstić information content (AvgIpc) is 3.00. The molecule has 2 heterocycles. The number of aryl methyl sites for hydroxylation is 1. The van der Waals surface area contributed by atoms with Gasteiger partial charge < -0.3 is 9.13 Å². The van der Waals surface area contributed by atoms with Crippen LogP contribution in [0.3, 0.4) is 0 Å². The average molecular weight is 364 g/mol. The summed E-state index contributed by atoms with van der Waals surface area (Å²) >= 11 is 2.32. The minimum absolute atomic E-state index is 0.753. The van der Waals surface area contributed by atoms with Crippen molar-refractivity contribution >= 4 is 22.6 Å². The first-order valence-electron chi connectivity index (χ1n) is 5.99. The summed E-state index contributed by atoms with van der Waals surface area (Å²) in [5, 5.41) is 0. The van der Waals surface area contributed by atoms with Gasteiger partial charge in [0, 0.05) is 27.8 Å². The Bertz CT molecular complexity index is 699. The molecule has 96 valence electrons. The SMILES string of the molecule is Cc1nccn1Cc1cn(-c2cccc(I)c2)cn1. The van der Waals surface area contributed by atoms with Gasteiger partial charge in [-0.25, -0.2) is 9.97 Å². The Morgan fingerprint density at radius 1 is 1.26 bits per heavy atom. The summed E-state index contributed by atoms with van der Waals surface area (Å²) in [7, 11) is 0. The lowest BCUT2D eigenvalue weighted by Gasteiger charge is -2.03. The summed E-state index contributed by atoms with van der Waals surface area (Å²) in [5.74, 6) is 1.00. The van der Waals surface area contributed by atoms with Crippen LogP contribution in [0, 0.1) is 10.5 Å². The summed E-state index contributed by atoms with van der Waals surface area (Å²) in [4.78, 5) is 8.67. The van der Waals surface area contributed by atoms with E-state index in [1.165, 1.54) is 3.57 Å². The second-order valence-corrected chi connectivity index (χ2v) is 5.60. The molecule has 5 heteroatoms. The molecule has 0 aliphatic heterocycles. The maximum absolute atomic E-state index is 4.45. The molecule has 0 spiro atoms. The van der Waals surface area contributed by atoms with Crippen LogP contribution in [0.15, 0.2) is 49.2 Å². The molecular formula is C14H13IN4. The zero-order valence-electron chi connectivity index (χ0n) is 10.5. The normalized spacial score (nSPS) is 10.8. The molecule has 3 rings (SSSR count). The van der Waals surface area contributed by atoms with Crippen molar-refractivity contribution in [1.29, 1.82) is 0 Å². The van der Waals surface area contributed by atoms with Gasteiger partial charge in [-0.05, 0) is 47.7 Å². The Labute approximate surface area is 125 Å². The molecule has 19 heavy (non-hydrogen) atoms. The van der Waals surface area contributed by atoms with E-state index in [0.717, 1.165) is 23.8 Å². The fraction of sp³-hybridized carbons (Fsp3) is 0.143. The van der Waals surface area contributed by atoms with E-state index in [-0.39, 0.29) is 0 Å². The molecule has 0 bridgehead atoms. The predicted octanol–water partition coefficient (Wildman–Crippen LogP) is 3.03. The molecule has 0 amide bonds. The maximum atomic E-state index is 4.45. The van der Waals surface area contributed by atoms with Crippen LogP contribution in [0.1, 0.15) is 11.5 Å². The minimum Gasteiger partial charge on any atom is -0.329 e. The highest BCUT2D eigenvalue weighted by molar-refractivity contribution is 14.1. The smallest absolute Gasteiger partial charge is 0.105 e. The van der Waals surface area contributed by atoms with Crippen molar-refractivity contribution < 1.29 is 0 Å². The van der Waals surface area contributed by atoms with Gasteiger partial charge in [-0.15, -0.1) is 0 Å². The first-order chi connectivity index (χ1) is 9.22. The number of benzene rings is 1. The van der Waals surface area contributed by atoms with Gasteiger partial charge in [-0.2, -0.15) is 0 Å². The van der Waals surface area contributed by atoms with Crippen molar-refractivity contribution in [1.82, 2.24) is 19.1 Å². The minimum atomic E-state index is 0.753. The first kappa shape index (κ1) is 12.4. The van der Waals surface area contributed by atoms with E-state index < -0.39 is 0 Å². The molecular weight excluding hydrogens is 351 g/mol. The van der Waals surface area contributed by atoms with E-state index in [4.69, 9.17) is 0 Å². The Balaban J connectivity index is 1.86. The Kier molecular flexibility index (Phi) is 3.37. The van der Waals surface area contributed by atoms with Crippen molar-refractivity contribution in [3.8, 4) is 5.69 Å².